The van der Waals surface area contributed by atoms with Crippen LogP contribution in [0, 0.1) is 5.82 Å². The van der Waals surface area contributed by atoms with E-state index in [1.165, 1.54) is 24.0 Å². The summed E-state index contributed by atoms with van der Waals surface area (Å²) >= 11 is 0. The predicted molar refractivity (Wildman–Crippen MR) is 198 cm³/mol. The summed E-state index contributed by atoms with van der Waals surface area (Å²) in [6.45, 7) is 13.2. The lowest BCUT2D eigenvalue weighted by Crippen LogP contribution is -2.50. The molecule has 0 bridgehead atoms. The molecule has 2 aromatic carbocycles. The van der Waals surface area contributed by atoms with Gasteiger partial charge in [0.25, 0.3) is 11.1 Å². The normalized spacial score (nSPS) is 13.8. The van der Waals surface area contributed by atoms with Crippen LogP contribution in [-0.4, -0.2) is 72.4 Å². The maximum absolute atomic E-state index is 15.4. The van der Waals surface area contributed by atoms with Gasteiger partial charge in [-0.05, 0) is 68.1 Å². The van der Waals surface area contributed by atoms with E-state index in [9.17, 15) is 19.5 Å². The number of aryl methyl sites for hydroxylation is 1. The van der Waals surface area contributed by atoms with Crippen LogP contribution < -0.4 is 21.3 Å². The standard InChI is InChI=1S/C38H43FN8O5/c1-37(2,3)24-17-23-20-41-47(35(50)33(23)28(39)18-24)31-10-8-9-26(27(31)22-48)29-19-30(34(49)44(7)43-29)42-32-12-11-25(21-40-32)45-13-15-46(16-14-45)36(51)52-38(4,5)6/h8-12,17-21,48H,13-16,22H2,1-7H3,(H,40,42). The van der Waals surface area contributed by atoms with Crippen molar-refractivity contribution in [3.63, 3.8) is 0 Å². The van der Waals surface area contributed by atoms with Crippen molar-refractivity contribution < 1.29 is 19.0 Å². The second-order valence-corrected chi connectivity index (χ2v) is 14.8. The zero-order chi connectivity index (χ0) is 37.5. The van der Waals surface area contributed by atoms with Gasteiger partial charge in [0.15, 0.2) is 0 Å². The highest BCUT2D eigenvalue weighted by Gasteiger charge is 2.26. The minimum Gasteiger partial charge on any atom is -0.444 e. The molecule has 4 heterocycles. The van der Waals surface area contributed by atoms with E-state index in [-0.39, 0.29) is 28.3 Å². The molecule has 13 nitrogen and oxygen atoms in total. The van der Waals surface area contributed by atoms with Gasteiger partial charge in [-0.25, -0.2) is 18.9 Å². The van der Waals surface area contributed by atoms with E-state index >= 15 is 4.39 Å². The number of aromatic nitrogens is 5. The van der Waals surface area contributed by atoms with Gasteiger partial charge in [-0.2, -0.15) is 14.9 Å². The van der Waals surface area contributed by atoms with Crippen molar-refractivity contribution in [3.8, 4) is 16.9 Å². The van der Waals surface area contributed by atoms with Crippen molar-refractivity contribution in [1.82, 2.24) is 29.4 Å². The summed E-state index contributed by atoms with van der Waals surface area (Å²) in [5, 5.41) is 22.7. The van der Waals surface area contributed by atoms with Gasteiger partial charge in [0.1, 0.15) is 22.9 Å². The monoisotopic (exact) mass is 710 g/mol. The van der Waals surface area contributed by atoms with Crippen molar-refractivity contribution in [3.05, 3.63) is 98.6 Å². The van der Waals surface area contributed by atoms with Crippen LogP contribution in [0.2, 0.25) is 0 Å². The number of ether oxygens (including phenoxy) is 1. The van der Waals surface area contributed by atoms with Crippen molar-refractivity contribution in [2.24, 2.45) is 7.05 Å². The largest absolute Gasteiger partial charge is 0.444 e. The highest BCUT2D eigenvalue weighted by atomic mass is 19.1. The number of nitrogens with one attached hydrogen (secondary N) is 1. The summed E-state index contributed by atoms with van der Waals surface area (Å²) in [6, 6.07) is 13.3. The van der Waals surface area contributed by atoms with Gasteiger partial charge in [-0.3, -0.25) is 9.59 Å². The molecule has 1 fully saturated rings. The molecule has 14 heteroatoms. The Labute approximate surface area is 300 Å². The van der Waals surface area contributed by atoms with Crippen LogP contribution in [0.1, 0.15) is 52.7 Å². The predicted octanol–water partition coefficient (Wildman–Crippen LogP) is 5.27. The second kappa shape index (κ2) is 13.8. The van der Waals surface area contributed by atoms with E-state index in [2.05, 4.69) is 25.4 Å². The van der Waals surface area contributed by atoms with Gasteiger partial charge in [0, 0.05) is 49.7 Å². The molecule has 0 saturated carbocycles. The third-order valence-electron chi connectivity index (χ3n) is 8.89. The molecule has 5 aromatic rings. The quantitative estimate of drug-likeness (QED) is 0.239. The number of hydrogen-bond acceptors (Lipinski definition) is 10. The first-order valence-electron chi connectivity index (χ1n) is 17.0. The second-order valence-electron chi connectivity index (χ2n) is 14.8. The van der Waals surface area contributed by atoms with Gasteiger partial charge in [0.05, 0.1) is 41.5 Å². The maximum Gasteiger partial charge on any atom is 0.410 e. The Hall–Kier alpha value is -5.63. The van der Waals surface area contributed by atoms with Crippen molar-refractivity contribution in [1.29, 1.82) is 0 Å². The lowest BCUT2D eigenvalue weighted by Gasteiger charge is -2.36. The topological polar surface area (TPSA) is 148 Å². The number of fused-ring (bicyclic) bond motifs is 1. The van der Waals surface area contributed by atoms with Crippen molar-refractivity contribution in [2.75, 3.05) is 36.4 Å². The smallest absolute Gasteiger partial charge is 0.410 e. The molecule has 1 aliphatic rings. The van der Waals surface area contributed by atoms with Crippen molar-refractivity contribution >= 4 is 34.1 Å². The molecule has 0 atom stereocenters. The average Bonchev–Trinajstić information content (AvgIpc) is 3.09. The fourth-order valence-electron chi connectivity index (χ4n) is 6.11. The van der Waals surface area contributed by atoms with Crippen LogP contribution in [0.4, 0.5) is 26.4 Å². The zero-order valence-electron chi connectivity index (χ0n) is 30.4. The van der Waals surface area contributed by atoms with Crippen molar-refractivity contribution in [2.45, 2.75) is 59.2 Å². The average molecular weight is 711 g/mol. The fourth-order valence-corrected chi connectivity index (χ4v) is 6.11. The Morgan fingerprint density at radius 1 is 0.962 bits per heavy atom. The molecule has 272 valence electrons. The number of halogens is 1. The Bertz CT molecular complexity index is 2260. The van der Waals surface area contributed by atoms with Gasteiger partial charge < -0.3 is 25.0 Å². The van der Waals surface area contributed by atoms with E-state index in [0.717, 1.165) is 15.9 Å². The molecule has 6 rings (SSSR count). The molecular formula is C38H43FN8O5. The SMILES string of the molecule is Cn1nc(-c2cccc(-n3ncc4cc(C(C)(C)C)cc(F)c4c3=O)c2CO)cc(Nc2ccc(N3CCN(C(=O)OC(C)(C)C)CC3)cn2)c1=O. The Morgan fingerprint density at radius 3 is 2.33 bits per heavy atom. The van der Waals surface area contributed by atoms with E-state index in [1.807, 2.05) is 47.6 Å². The number of rotatable bonds is 6. The number of nitrogens with zero attached hydrogens (tertiary/aromatic N) is 7. The number of carbonyl (C=O) groups is 1. The number of anilines is 3. The molecule has 52 heavy (non-hydrogen) atoms. The van der Waals surface area contributed by atoms with Crippen LogP contribution in [-0.2, 0) is 23.8 Å². The number of aliphatic hydroxyl groups excluding tert-OH is 1. The zero-order valence-corrected chi connectivity index (χ0v) is 30.4. The lowest BCUT2D eigenvalue weighted by molar-refractivity contribution is 0.0240. The van der Waals surface area contributed by atoms with Crippen LogP contribution in [0.15, 0.2) is 70.5 Å². The van der Waals surface area contributed by atoms with E-state index < -0.39 is 29.1 Å². The van der Waals surface area contributed by atoms with Crippen LogP contribution in [0.25, 0.3) is 27.7 Å². The highest BCUT2D eigenvalue weighted by Crippen LogP contribution is 2.30. The molecule has 0 spiro atoms. The van der Waals surface area contributed by atoms with E-state index in [0.29, 0.717) is 54.2 Å². The van der Waals surface area contributed by atoms with Gasteiger partial charge in [0.2, 0.25) is 0 Å². The molecule has 0 radical (unpaired) electrons. The van der Waals surface area contributed by atoms with E-state index in [1.54, 1.807) is 47.5 Å². The Balaban J connectivity index is 1.26. The molecular weight excluding hydrogens is 667 g/mol. The first kappa shape index (κ1) is 36.2. The lowest BCUT2D eigenvalue weighted by atomic mass is 9.86. The minimum atomic E-state index is -0.669. The number of pyridine rings is 1. The minimum absolute atomic E-state index is 0.106. The summed E-state index contributed by atoms with van der Waals surface area (Å²) in [6.07, 6.45) is 2.81. The van der Waals surface area contributed by atoms with Gasteiger partial charge in [-0.1, -0.05) is 32.9 Å². The Kier molecular flexibility index (Phi) is 9.62. The van der Waals surface area contributed by atoms with Gasteiger partial charge >= 0.3 is 6.09 Å². The summed E-state index contributed by atoms with van der Waals surface area (Å²) in [4.78, 5) is 47.7. The number of hydrogen-bond donors (Lipinski definition) is 2. The van der Waals surface area contributed by atoms with Crippen LogP contribution >= 0.6 is 0 Å². The molecule has 0 aliphatic carbocycles. The number of piperazine rings is 1. The van der Waals surface area contributed by atoms with Crippen LogP contribution in [0.3, 0.4) is 0 Å². The third-order valence-corrected chi connectivity index (χ3v) is 8.89. The molecule has 2 N–H and O–H groups in total. The maximum atomic E-state index is 15.4. The summed E-state index contributed by atoms with van der Waals surface area (Å²) in [5.74, 6) is -0.229. The summed E-state index contributed by atoms with van der Waals surface area (Å²) < 4.78 is 23.1. The summed E-state index contributed by atoms with van der Waals surface area (Å²) in [7, 11) is 1.51. The molecule has 1 amide bonds. The molecule has 1 aliphatic heterocycles. The van der Waals surface area contributed by atoms with E-state index in [4.69, 9.17) is 4.74 Å². The summed E-state index contributed by atoms with van der Waals surface area (Å²) in [5.41, 5.74) is 1.17. The Morgan fingerprint density at radius 2 is 1.69 bits per heavy atom. The highest BCUT2D eigenvalue weighted by molar-refractivity contribution is 5.83. The number of benzene rings is 2. The number of carbonyl (C=O) groups excluding carboxylic acids is 1. The number of amides is 1. The molecule has 1 saturated heterocycles. The molecule has 0 unspecified atom stereocenters. The van der Waals surface area contributed by atoms with Crippen LogP contribution in [0.5, 0.6) is 0 Å². The molecule has 3 aromatic heterocycles. The third kappa shape index (κ3) is 7.38. The number of aliphatic hydroxyl groups is 1. The first-order valence-corrected chi connectivity index (χ1v) is 17.0. The van der Waals surface area contributed by atoms with Gasteiger partial charge in [-0.15, -0.1) is 0 Å². The fraction of sp³-hybridized carbons (Fsp3) is 0.368. The first-order chi connectivity index (χ1) is 24.5.